The average molecular weight is 436 g/mol. The second kappa shape index (κ2) is 10.7. The minimum atomic E-state index is 0.0680. The third-order valence-electron chi connectivity index (χ3n) is 4.82. The van der Waals surface area contributed by atoms with Gasteiger partial charge in [0.1, 0.15) is 35.3 Å². The maximum absolute atomic E-state index is 10.6. The van der Waals surface area contributed by atoms with Crippen LogP contribution in [0.2, 0.25) is 5.02 Å². The molecule has 0 spiro atoms. The Hall–Kier alpha value is -3.24. The molecule has 31 heavy (non-hydrogen) atoms. The zero-order chi connectivity index (χ0) is 22.2. The minimum Gasteiger partial charge on any atom is -0.507 e. The van der Waals surface area contributed by atoms with Gasteiger partial charge in [-0.3, -0.25) is 4.99 Å². The molecule has 0 radical (unpaired) electrons. The van der Waals surface area contributed by atoms with Gasteiger partial charge in [0.2, 0.25) is 0 Å². The van der Waals surface area contributed by atoms with Crippen LogP contribution in [0.25, 0.3) is 0 Å². The van der Waals surface area contributed by atoms with E-state index >= 15 is 0 Å². The lowest BCUT2D eigenvalue weighted by atomic mass is 10.1. The summed E-state index contributed by atoms with van der Waals surface area (Å²) in [6.07, 6.45) is 2.80. The highest BCUT2D eigenvalue weighted by atomic mass is 35.5. The highest BCUT2D eigenvalue weighted by molar-refractivity contribution is 6.30. The molecule has 0 fully saturated rings. The molecule has 0 aromatic heterocycles. The van der Waals surface area contributed by atoms with Crippen molar-refractivity contribution in [3.05, 3.63) is 100 Å². The quantitative estimate of drug-likeness (QED) is 0.321. The highest BCUT2D eigenvalue weighted by Crippen LogP contribution is 2.28. The molecule has 0 aliphatic heterocycles. The second-order valence-corrected chi connectivity index (χ2v) is 7.36. The molecule has 3 aromatic carbocycles. The fourth-order valence-electron chi connectivity index (χ4n) is 3.08. The van der Waals surface area contributed by atoms with Gasteiger partial charge in [-0.1, -0.05) is 42.8 Å². The Morgan fingerprint density at radius 3 is 2.19 bits per heavy atom. The van der Waals surface area contributed by atoms with Gasteiger partial charge >= 0.3 is 0 Å². The van der Waals surface area contributed by atoms with Crippen molar-refractivity contribution in [2.75, 3.05) is 7.05 Å². The molecule has 3 aromatic rings. The van der Waals surface area contributed by atoms with E-state index in [4.69, 9.17) is 21.1 Å². The molecule has 0 saturated heterocycles. The molecule has 3 rings (SSSR count). The number of hydrogen-bond acceptors (Lipinski definition) is 4. The summed E-state index contributed by atoms with van der Waals surface area (Å²) in [5, 5.41) is 11.3. The van der Waals surface area contributed by atoms with Crippen molar-refractivity contribution in [2.45, 2.75) is 26.9 Å². The third kappa shape index (κ3) is 5.89. The number of hydrogen-bond donors (Lipinski definition) is 1. The largest absolute Gasteiger partial charge is 0.507 e. The highest BCUT2D eigenvalue weighted by Gasteiger charge is 2.16. The molecule has 0 atom stereocenters. The van der Waals surface area contributed by atoms with Gasteiger partial charge in [-0.05, 0) is 66.9 Å². The van der Waals surface area contributed by atoms with Crippen molar-refractivity contribution in [1.82, 2.24) is 0 Å². The lowest BCUT2D eigenvalue weighted by Gasteiger charge is -2.15. The van der Waals surface area contributed by atoms with Crippen LogP contribution in [0.5, 0.6) is 17.2 Å². The number of nitrogens with zero attached hydrogens (tertiary/aromatic N) is 1. The van der Waals surface area contributed by atoms with Crippen molar-refractivity contribution in [3.63, 3.8) is 0 Å². The summed E-state index contributed by atoms with van der Waals surface area (Å²) in [5.74, 6) is 1.91. The van der Waals surface area contributed by atoms with Gasteiger partial charge in [-0.25, -0.2) is 0 Å². The Labute approximate surface area is 188 Å². The maximum Gasteiger partial charge on any atom is 0.149 e. The van der Waals surface area contributed by atoms with Gasteiger partial charge in [-0.15, -0.1) is 0 Å². The Morgan fingerprint density at radius 2 is 1.61 bits per heavy atom. The van der Waals surface area contributed by atoms with Crippen molar-refractivity contribution in [3.8, 4) is 17.2 Å². The zero-order valence-electron chi connectivity index (χ0n) is 17.9. The average Bonchev–Trinajstić information content (AvgIpc) is 2.80. The van der Waals surface area contributed by atoms with Crippen LogP contribution in [0.15, 0.2) is 83.6 Å². The monoisotopic (exact) mass is 435 g/mol. The van der Waals surface area contributed by atoms with Crippen LogP contribution >= 0.6 is 11.6 Å². The summed E-state index contributed by atoms with van der Waals surface area (Å²) in [5.41, 5.74) is 3.36. The molecule has 0 unspecified atom stereocenters. The van der Waals surface area contributed by atoms with Crippen LogP contribution in [-0.2, 0) is 13.0 Å². The first-order chi connectivity index (χ1) is 15.0. The summed E-state index contributed by atoms with van der Waals surface area (Å²) in [6, 6.07) is 20.6. The fourth-order valence-corrected chi connectivity index (χ4v) is 3.20. The smallest absolute Gasteiger partial charge is 0.149 e. The molecular formula is C26H26ClNO3. The molecule has 0 saturated carbocycles. The number of allylic oxidation sites excluding steroid dienone is 2. The Kier molecular flexibility index (Phi) is 7.74. The van der Waals surface area contributed by atoms with E-state index in [9.17, 15) is 5.11 Å². The Morgan fingerprint density at radius 1 is 0.968 bits per heavy atom. The molecule has 0 aliphatic carbocycles. The fraction of sp³-hybridized carbons (Fsp3) is 0.192. The first-order valence-corrected chi connectivity index (χ1v) is 10.5. The summed E-state index contributed by atoms with van der Waals surface area (Å²) >= 11 is 5.91. The Bertz CT molecular complexity index is 1070. The number of rotatable bonds is 8. The number of phenols is 1. The molecule has 0 aliphatic rings. The van der Waals surface area contributed by atoms with E-state index in [1.807, 2.05) is 61.5 Å². The normalized spacial score (nSPS) is 12.0. The first kappa shape index (κ1) is 22.4. The molecule has 1 N–H and O–H groups in total. The first-order valence-electron chi connectivity index (χ1n) is 10.1. The summed E-state index contributed by atoms with van der Waals surface area (Å²) in [4.78, 5) is 4.36. The van der Waals surface area contributed by atoms with Crippen LogP contribution in [0.1, 0.15) is 30.5 Å². The lowest BCUT2D eigenvalue weighted by molar-refractivity contribution is 0.304. The number of aromatic hydroxyl groups is 1. The van der Waals surface area contributed by atoms with Crippen LogP contribution in [0.4, 0.5) is 0 Å². The van der Waals surface area contributed by atoms with Gasteiger partial charge < -0.3 is 14.6 Å². The standard InChI is InChI=1S/C26H26ClNO3/c1-4-18-8-12-21(13-9-18)31-25(5-2)26(28-3)23-15-14-22(16-24(23)29)30-17-19-6-10-20(27)11-7-19/h5-16,29H,4,17H2,1-3H3/b25-5+,28-26-. The van der Waals surface area contributed by atoms with E-state index in [0.29, 0.717) is 40.2 Å². The van der Waals surface area contributed by atoms with E-state index in [2.05, 4.69) is 11.9 Å². The zero-order valence-corrected chi connectivity index (χ0v) is 18.7. The predicted octanol–water partition coefficient (Wildman–Crippen LogP) is 6.59. The lowest BCUT2D eigenvalue weighted by Crippen LogP contribution is -2.11. The number of benzene rings is 3. The van der Waals surface area contributed by atoms with E-state index in [1.165, 1.54) is 5.56 Å². The molecule has 0 heterocycles. The SMILES string of the molecule is C/C=C(Oc1ccc(CC)cc1)\C(=N/C)c1ccc(OCc2ccc(Cl)cc2)cc1O. The molecule has 160 valence electrons. The second-order valence-electron chi connectivity index (χ2n) is 6.92. The molecule has 0 bridgehead atoms. The van der Waals surface area contributed by atoms with Crippen molar-refractivity contribution in [1.29, 1.82) is 0 Å². The van der Waals surface area contributed by atoms with Crippen LogP contribution in [0, 0.1) is 0 Å². The van der Waals surface area contributed by atoms with Gasteiger partial charge in [-0.2, -0.15) is 0 Å². The topological polar surface area (TPSA) is 51.0 Å². The third-order valence-corrected chi connectivity index (χ3v) is 5.07. The van der Waals surface area contributed by atoms with Gasteiger partial charge in [0.05, 0.1) is 0 Å². The predicted molar refractivity (Wildman–Crippen MR) is 127 cm³/mol. The van der Waals surface area contributed by atoms with Crippen molar-refractivity contribution in [2.24, 2.45) is 4.99 Å². The van der Waals surface area contributed by atoms with Gasteiger partial charge in [0.15, 0.2) is 0 Å². The summed E-state index contributed by atoms with van der Waals surface area (Å²) in [6.45, 7) is 4.37. The molecule has 0 amide bonds. The number of halogens is 1. The summed E-state index contributed by atoms with van der Waals surface area (Å²) in [7, 11) is 1.67. The number of ether oxygens (including phenoxy) is 2. The van der Waals surface area contributed by atoms with E-state index in [0.717, 1.165) is 12.0 Å². The molecule has 4 nitrogen and oxygen atoms in total. The molecular weight excluding hydrogens is 410 g/mol. The van der Waals surface area contributed by atoms with Gasteiger partial charge in [0, 0.05) is 23.7 Å². The van der Waals surface area contributed by atoms with E-state index in [1.54, 1.807) is 25.2 Å². The minimum absolute atomic E-state index is 0.0680. The molecule has 5 heteroatoms. The van der Waals surface area contributed by atoms with Crippen molar-refractivity contribution >= 4 is 17.3 Å². The number of aliphatic imine (C=N–C) groups is 1. The Balaban J connectivity index is 1.74. The van der Waals surface area contributed by atoms with Crippen LogP contribution < -0.4 is 9.47 Å². The maximum atomic E-state index is 10.6. The van der Waals surface area contributed by atoms with Crippen LogP contribution in [-0.4, -0.2) is 17.9 Å². The van der Waals surface area contributed by atoms with E-state index in [-0.39, 0.29) is 5.75 Å². The van der Waals surface area contributed by atoms with Crippen LogP contribution in [0.3, 0.4) is 0 Å². The van der Waals surface area contributed by atoms with Gasteiger partial charge in [0.25, 0.3) is 0 Å². The number of aryl methyl sites for hydroxylation is 1. The summed E-state index contributed by atoms with van der Waals surface area (Å²) < 4.78 is 11.8. The number of phenolic OH excluding ortho intramolecular Hbond substituents is 1. The van der Waals surface area contributed by atoms with E-state index < -0.39 is 0 Å². The van der Waals surface area contributed by atoms with Crippen molar-refractivity contribution < 1.29 is 14.6 Å².